The molecule has 2 heterocycles. The zero-order valence-corrected chi connectivity index (χ0v) is 14.3. The summed E-state index contributed by atoms with van der Waals surface area (Å²) in [5.41, 5.74) is 0.342. The van der Waals surface area contributed by atoms with E-state index in [4.69, 9.17) is 11.6 Å². The lowest BCUT2D eigenvalue weighted by molar-refractivity contribution is -0.139. The third kappa shape index (κ3) is 3.08. The van der Waals surface area contributed by atoms with Crippen molar-refractivity contribution in [2.45, 2.75) is 12.7 Å². The van der Waals surface area contributed by atoms with Crippen LogP contribution in [0.25, 0.3) is 33.1 Å². The fourth-order valence-corrected chi connectivity index (χ4v) is 3.60. The molecule has 0 saturated heterocycles. The first-order valence-corrected chi connectivity index (χ1v) is 8.29. The molecule has 0 radical (unpaired) electrons. The van der Waals surface area contributed by atoms with Gasteiger partial charge in [-0.1, -0.05) is 23.7 Å². The highest BCUT2D eigenvalue weighted by atomic mass is 35.5. The molecule has 0 amide bonds. The summed E-state index contributed by atoms with van der Waals surface area (Å²) in [6.07, 6.45) is -4.50. The van der Waals surface area contributed by atoms with E-state index in [2.05, 4.69) is 4.98 Å². The summed E-state index contributed by atoms with van der Waals surface area (Å²) in [6, 6.07) is 11.2. The molecule has 0 aliphatic carbocycles. The van der Waals surface area contributed by atoms with Crippen molar-refractivity contribution in [3.8, 4) is 11.3 Å². The number of H-pyrrole nitrogens is 1. The number of alkyl halides is 3. The summed E-state index contributed by atoms with van der Waals surface area (Å²) < 4.78 is 54.9. The van der Waals surface area contributed by atoms with E-state index in [0.29, 0.717) is 16.3 Å². The Morgan fingerprint density at radius 3 is 2.52 bits per heavy atom. The number of pyridine rings is 1. The molecule has 0 aliphatic rings. The highest BCUT2D eigenvalue weighted by molar-refractivity contribution is 6.37. The number of hydrogen-bond donors (Lipinski definition) is 1. The minimum Gasteiger partial charge on any atom is -0.331 e. The largest absolute Gasteiger partial charge is 0.406 e. The lowest BCUT2D eigenvalue weighted by Gasteiger charge is -2.14. The summed E-state index contributed by atoms with van der Waals surface area (Å²) in [6.45, 7) is -1.29. The molecular weight excluding hydrogens is 384 g/mol. The quantitative estimate of drug-likeness (QED) is 0.448. The smallest absolute Gasteiger partial charge is 0.331 e. The van der Waals surface area contributed by atoms with Crippen molar-refractivity contribution >= 4 is 33.4 Å². The van der Waals surface area contributed by atoms with E-state index in [1.54, 1.807) is 6.07 Å². The predicted molar refractivity (Wildman–Crippen MR) is 96.5 cm³/mol. The Kier molecular flexibility index (Phi) is 3.99. The van der Waals surface area contributed by atoms with Gasteiger partial charge >= 0.3 is 6.18 Å². The topological polar surface area (TPSA) is 37.8 Å². The summed E-state index contributed by atoms with van der Waals surface area (Å²) in [5, 5.41) is 0.923. The number of aromatic nitrogens is 2. The Morgan fingerprint density at radius 1 is 1.07 bits per heavy atom. The number of nitrogens with zero attached hydrogens (tertiary/aromatic N) is 1. The summed E-state index contributed by atoms with van der Waals surface area (Å²) in [7, 11) is 0. The van der Waals surface area contributed by atoms with E-state index < -0.39 is 24.1 Å². The van der Waals surface area contributed by atoms with Gasteiger partial charge in [-0.05, 0) is 30.3 Å². The molecule has 3 nitrogen and oxygen atoms in total. The van der Waals surface area contributed by atoms with E-state index in [9.17, 15) is 22.4 Å². The standard InChI is InChI=1S/C19H11ClF4N2O/c20-12-8-17(27)25-14-5-6-15-11(18(12)14)7-16(26(15)9-19(22,23)24)10-3-1-2-4-13(10)21/h1-8H,9H2,(H,25,27). The lowest BCUT2D eigenvalue weighted by atomic mass is 10.1. The van der Waals surface area contributed by atoms with E-state index in [0.717, 1.165) is 10.6 Å². The van der Waals surface area contributed by atoms with Crippen molar-refractivity contribution in [3.05, 3.63) is 69.7 Å². The first-order chi connectivity index (χ1) is 12.7. The molecule has 0 atom stereocenters. The predicted octanol–water partition coefficient (Wildman–Crippen LogP) is 5.50. The molecule has 0 bridgehead atoms. The fraction of sp³-hybridized carbons (Fsp3) is 0.105. The molecule has 0 saturated carbocycles. The maximum atomic E-state index is 14.3. The zero-order valence-electron chi connectivity index (χ0n) is 13.6. The monoisotopic (exact) mass is 394 g/mol. The Balaban J connectivity index is 2.13. The molecule has 1 N–H and O–H groups in total. The van der Waals surface area contributed by atoms with Crippen LogP contribution in [-0.2, 0) is 6.54 Å². The molecular formula is C19H11ClF4N2O. The number of rotatable bonds is 2. The zero-order chi connectivity index (χ0) is 19.3. The Labute approximate surface area is 154 Å². The highest BCUT2D eigenvalue weighted by Crippen LogP contribution is 2.37. The van der Waals surface area contributed by atoms with Gasteiger partial charge in [0.15, 0.2) is 0 Å². The van der Waals surface area contributed by atoms with Crippen molar-refractivity contribution in [1.29, 1.82) is 0 Å². The van der Waals surface area contributed by atoms with Gasteiger partial charge in [-0.25, -0.2) is 4.39 Å². The number of hydrogen-bond acceptors (Lipinski definition) is 1. The SMILES string of the molecule is O=c1cc(Cl)c2c(ccc3c2cc(-c2ccccc2F)n3CC(F)(F)F)[nH]1. The van der Waals surface area contributed by atoms with Crippen LogP contribution in [0.2, 0.25) is 5.02 Å². The molecule has 0 aliphatic heterocycles. The van der Waals surface area contributed by atoms with Crippen molar-refractivity contribution in [3.63, 3.8) is 0 Å². The third-order valence-electron chi connectivity index (χ3n) is 4.33. The number of aromatic amines is 1. The van der Waals surface area contributed by atoms with Gasteiger partial charge in [-0.3, -0.25) is 4.79 Å². The van der Waals surface area contributed by atoms with Crippen molar-refractivity contribution < 1.29 is 17.6 Å². The van der Waals surface area contributed by atoms with Gasteiger partial charge in [0, 0.05) is 27.9 Å². The molecule has 2 aromatic heterocycles. The van der Waals surface area contributed by atoms with Crippen molar-refractivity contribution in [2.24, 2.45) is 0 Å². The molecule has 0 fully saturated rings. The fourth-order valence-electron chi connectivity index (χ4n) is 3.29. The average molecular weight is 395 g/mol. The maximum absolute atomic E-state index is 14.3. The number of benzene rings is 2. The maximum Gasteiger partial charge on any atom is 0.406 e. The van der Waals surface area contributed by atoms with Crippen LogP contribution in [0.15, 0.2) is 53.3 Å². The third-order valence-corrected chi connectivity index (χ3v) is 4.62. The number of nitrogens with one attached hydrogen (secondary N) is 1. The highest BCUT2D eigenvalue weighted by Gasteiger charge is 2.30. The van der Waals surface area contributed by atoms with Crippen LogP contribution < -0.4 is 5.56 Å². The van der Waals surface area contributed by atoms with Crippen LogP contribution >= 0.6 is 11.6 Å². The van der Waals surface area contributed by atoms with E-state index in [-0.39, 0.29) is 21.8 Å². The molecule has 0 spiro atoms. The van der Waals surface area contributed by atoms with Crippen LogP contribution in [0.1, 0.15) is 0 Å². The van der Waals surface area contributed by atoms with Gasteiger partial charge in [-0.2, -0.15) is 13.2 Å². The molecule has 138 valence electrons. The van der Waals surface area contributed by atoms with Crippen LogP contribution in [0, 0.1) is 5.82 Å². The minimum atomic E-state index is -4.50. The van der Waals surface area contributed by atoms with Gasteiger partial charge in [-0.15, -0.1) is 0 Å². The van der Waals surface area contributed by atoms with E-state index >= 15 is 0 Å². The van der Waals surface area contributed by atoms with Crippen molar-refractivity contribution in [2.75, 3.05) is 0 Å². The van der Waals surface area contributed by atoms with E-state index in [1.165, 1.54) is 36.4 Å². The first-order valence-electron chi connectivity index (χ1n) is 7.91. The summed E-state index contributed by atoms with van der Waals surface area (Å²) >= 11 is 6.19. The minimum absolute atomic E-state index is 0.0478. The van der Waals surface area contributed by atoms with Gasteiger partial charge in [0.2, 0.25) is 5.56 Å². The second kappa shape index (κ2) is 6.13. The van der Waals surface area contributed by atoms with Crippen LogP contribution in [0.3, 0.4) is 0 Å². The second-order valence-corrected chi connectivity index (χ2v) is 6.52. The first kappa shape index (κ1) is 17.6. The summed E-state index contributed by atoms with van der Waals surface area (Å²) in [5.74, 6) is -0.632. The van der Waals surface area contributed by atoms with Gasteiger partial charge in [0.25, 0.3) is 0 Å². The molecule has 2 aromatic carbocycles. The van der Waals surface area contributed by atoms with Gasteiger partial charge in [0.05, 0.1) is 16.2 Å². The number of halogens is 5. The normalized spacial score (nSPS) is 12.2. The Bertz CT molecular complexity index is 1240. The number of fused-ring (bicyclic) bond motifs is 3. The Hall–Kier alpha value is -2.80. The molecule has 0 unspecified atom stereocenters. The molecule has 4 aromatic rings. The van der Waals surface area contributed by atoms with Gasteiger partial charge < -0.3 is 9.55 Å². The van der Waals surface area contributed by atoms with Crippen LogP contribution in [0.5, 0.6) is 0 Å². The lowest BCUT2D eigenvalue weighted by Crippen LogP contribution is -2.18. The molecule has 4 rings (SSSR count). The van der Waals surface area contributed by atoms with E-state index in [1.807, 2.05) is 0 Å². The van der Waals surface area contributed by atoms with Gasteiger partial charge in [0.1, 0.15) is 12.4 Å². The average Bonchev–Trinajstić information content (AvgIpc) is 2.91. The van der Waals surface area contributed by atoms with Crippen molar-refractivity contribution in [1.82, 2.24) is 9.55 Å². The summed E-state index contributed by atoms with van der Waals surface area (Å²) in [4.78, 5) is 14.2. The van der Waals surface area contributed by atoms with Crippen LogP contribution in [-0.4, -0.2) is 15.7 Å². The molecule has 8 heteroatoms. The van der Waals surface area contributed by atoms with Crippen LogP contribution in [0.4, 0.5) is 17.6 Å². The second-order valence-electron chi connectivity index (χ2n) is 6.11. The Morgan fingerprint density at radius 2 is 1.81 bits per heavy atom. The molecule has 27 heavy (non-hydrogen) atoms.